The molecule has 28 heavy (non-hydrogen) atoms. The minimum Gasteiger partial charge on any atom is -0.465 e. The average molecular weight is 381 g/mol. The highest BCUT2D eigenvalue weighted by molar-refractivity contribution is 5.92. The maximum absolute atomic E-state index is 12.1. The van der Waals surface area contributed by atoms with Gasteiger partial charge in [-0.05, 0) is 55.5 Å². The molecule has 4 nitrogen and oxygen atoms in total. The second-order valence-corrected chi connectivity index (χ2v) is 8.84. The van der Waals surface area contributed by atoms with Gasteiger partial charge in [0.05, 0.1) is 5.69 Å². The molecule has 1 aliphatic rings. The largest absolute Gasteiger partial charge is 0.465 e. The van der Waals surface area contributed by atoms with Crippen LogP contribution in [0.1, 0.15) is 45.6 Å². The zero-order chi connectivity index (χ0) is 20.3. The summed E-state index contributed by atoms with van der Waals surface area (Å²) in [6.45, 7) is 8.21. The highest BCUT2D eigenvalue weighted by Gasteiger charge is 2.24. The van der Waals surface area contributed by atoms with Crippen LogP contribution in [0.5, 0.6) is 0 Å². The van der Waals surface area contributed by atoms with E-state index < -0.39 is 6.09 Å². The highest BCUT2D eigenvalue weighted by Crippen LogP contribution is 2.33. The van der Waals surface area contributed by atoms with Gasteiger partial charge in [-0.3, -0.25) is 4.90 Å². The lowest BCUT2D eigenvalue weighted by Crippen LogP contribution is -2.35. The van der Waals surface area contributed by atoms with Gasteiger partial charge in [0.25, 0.3) is 0 Å². The minimum atomic E-state index is -0.889. The maximum atomic E-state index is 12.1. The van der Waals surface area contributed by atoms with Crippen molar-refractivity contribution >= 4 is 11.8 Å². The number of amides is 1. The SMILES string of the molecule is CN1CCCC1CCN(C(=O)O)c1ccccc1-c1ccc(C(C)(C)C)cc1. The second-order valence-electron chi connectivity index (χ2n) is 8.84. The molecule has 1 unspecified atom stereocenters. The fraction of sp³-hybridized carbons (Fsp3) is 0.458. The zero-order valence-electron chi connectivity index (χ0n) is 17.5. The summed E-state index contributed by atoms with van der Waals surface area (Å²) in [4.78, 5) is 15.9. The molecule has 4 heteroatoms. The van der Waals surface area contributed by atoms with Crippen molar-refractivity contribution in [3.63, 3.8) is 0 Å². The quantitative estimate of drug-likeness (QED) is 0.732. The van der Waals surface area contributed by atoms with Crippen LogP contribution in [-0.2, 0) is 5.41 Å². The van der Waals surface area contributed by atoms with Crippen molar-refractivity contribution in [2.45, 2.75) is 51.5 Å². The summed E-state index contributed by atoms with van der Waals surface area (Å²) in [5, 5.41) is 9.90. The summed E-state index contributed by atoms with van der Waals surface area (Å²) in [5.41, 5.74) is 4.14. The Labute approximate surface area is 168 Å². The van der Waals surface area contributed by atoms with Crippen LogP contribution in [-0.4, -0.2) is 42.3 Å². The Morgan fingerprint density at radius 1 is 1.14 bits per heavy atom. The van der Waals surface area contributed by atoms with E-state index in [1.54, 1.807) is 0 Å². The Bertz CT molecular complexity index is 808. The van der Waals surface area contributed by atoms with Crippen molar-refractivity contribution in [1.29, 1.82) is 0 Å². The molecule has 1 aliphatic heterocycles. The molecule has 1 atom stereocenters. The number of carboxylic acid groups (broad SMARTS) is 1. The van der Waals surface area contributed by atoms with Gasteiger partial charge in [-0.25, -0.2) is 4.79 Å². The van der Waals surface area contributed by atoms with Crippen LogP contribution >= 0.6 is 0 Å². The molecule has 1 saturated heterocycles. The molecule has 1 heterocycles. The van der Waals surface area contributed by atoms with Gasteiger partial charge in [0, 0.05) is 18.2 Å². The molecular formula is C24H32N2O2. The van der Waals surface area contributed by atoms with Gasteiger partial charge in [0.1, 0.15) is 0 Å². The standard InChI is InChI=1S/C24H32N2O2/c1-24(2,3)19-13-11-18(12-14-19)21-9-5-6-10-22(21)26(23(27)28)17-15-20-8-7-16-25(20)4/h5-6,9-14,20H,7-8,15-17H2,1-4H3,(H,27,28). The molecule has 1 fully saturated rings. The number of benzene rings is 2. The molecule has 3 rings (SSSR count). The first-order chi connectivity index (χ1) is 13.3. The number of anilines is 1. The van der Waals surface area contributed by atoms with Crippen molar-refractivity contribution < 1.29 is 9.90 Å². The highest BCUT2D eigenvalue weighted by atomic mass is 16.4. The van der Waals surface area contributed by atoms with Crippen LogP contribution in [0.4, 0.5) is 10.5 Å². The van der Waals surface area contributed by atoms with Crippen LogP contribution in [0.15, 0.2) is 48.5 Å². The molecule has 0 bridgehead atoms. The number of likely N-dealkylation sites (tertiary alicyclic amines) is 1. The van der Waals surface area contributed by atoms with Crippen molar-refractivity contribution in [2.24, 2.45) is 0 Å². The number of rotatable bonds is 5. The lowest BCUT2D eigenvalue weighted by Gasteiger charge is -2.26. The smallest absolute Gasteiger partial charge is 0.411 e. The summed E-state index contributed by atoms with van der Waals surface area (Å²) in [6, 6.07) is 16.8. The molecule has 0 spiro atoms. The monoisotopic (exact) mass is 380 g/mol. The summed E-state index contributed by atoms with van der Waals surface area (Å²) < 4.78 is 0. The van der Waals surface area contributed by atoms with Gasteiger partial charge in [-0.2, -0.15) is 0 Å². The Morgan fingerprint density at radius 3 is 2.39 bits per heavy atom. The predicted octanol–water partition coefficient (Wildman–Crippen LogP) is 5.62. The molecule has 2 aromatic rings. The summed E-state index contributed by atoms with van der Waals surface area (Å²) in [7, 11) is 2.13. The third kappa shape index (κ3) is 4.56. The van der Waals surface area contributed by atoms with E-state index in [2.05, 4.69) is 57.0 Å². The van der Waals surface area contributed by atoms with E-state index in [-0.39, 0.29) is 5.41 Å². The summed E-state index contributed by atoms with van der Waals surface area (Å²) in [6.07, 6.45) is 2.32. The van der Waals surface area contributed by atoms with Crippen LogP contribution in [0.25, 0.3) is 11.1 Å². The van der Waals surface area contributed by atoms with Gasteiger partial charge >= 0.3 is 6.09 Å². The molecule has 1 N–H and O–H groups in total. The van der Waals surface area contributed by atoms with Gasteiger partial charge in [0.2, 0.25) is 0 Å². The van der Waals surface area contributed by atoms with Crippen molar-refractivity contribution in [2.75, 3.05) is 25.0 Å². The summed E-state index contributed by atoms with van der Waals surface area (Å²) >= 11 is 0. The Kier molecular flexibility index (Phi) is 6.09. The van der Waals surface area contributed by atoms with Gasteiger partial charge in [-0.1, -0.05) is 63.2 Å². The van der Waals surface area contributed by atoms with E-state index in [0.717, 1.165) is 36.2 Å². The van der Waals surface area contributed by atoms with E-state index in [1.807, 2.05) is 24.3 Å². The van der Waals surface area contributed by atoms with E-state index in [4.69, 9.17) is 0 Å². The Balaban J connectivity index is 1.87. The first-order valence-corrected chi connectivity index (χ1v) is 10.2. The van der Waals surface area contributed by atoms with Gasteiger partial charge in [0.15, 0.2) is 0 Å². The van der Waals surface area contributed by atoms with E-state index >= 15 is 0 Å². The van der Waals surface area contributed by atoms with Gasteiger partial charge in [-0.15, -0.1) is 0 Å². The predicted molar refractivity (Wildman–Crippen MR) is 116 cm³/mol. The third-order valence-corrected chi connectivity index (χ3v) is 5.85. The van der Waals surface area contributed by atoms with Crippen LogP contribution in [0.3, 0.4) is 0 Å². The molecule has 0 saturated carbocycles. The van der Waals surface area contributed by atoms with Crippen molar-refractivity contribution in [1.82, 2.24) is 4.90 Å². The Hall–Kier alpha value is -2.33. The molecular weight excluding hydrogens is 348 g/mol. The average Bonchev–Trinajstić information content (AvgIpc) is 3.06. The molecule has 0 aromatic heterocycles. The van der Waals surface area contributed by atoms with E-state index in [9.17, 15) is 9.90 Å². The molecule has 2 aromatic carbocycles. The van der Waals surface area contributed by atoms with Crippen molar-refractivity contribution in [3.8, 4) is 11.1 Å². The minimum absolute atomic E-state index is 0.0957. The van der Waals surface area contributed by atoms with Crippen molar-refractivity contribution in [3.05, 3.63) is 54.1 Å². The molecule has 1 amide bonds. The lowest BCUT2D eigenvalue weighted by molar-refractivity contribution is 0.200. The molecule has 0 radical (unpaired) electrons. The topological polar surface area (TPSA) is 43.8 Å². The maximum Gasteiger partial charge on any atom is 0.411 e. The Morgan fingerprint density at radius 2 is 1.82 bits per heavy atom. The lowest BCUT2D eigenvalue weighted by atomic mass is 9.86. The van der Waals surface area contributed by atoms with Gasteiger partial charge < -0.3 is 10.0 Å². The van der Waals surface area contributed by atoms with E-state index in [0.29, 0.717) is 12.6 Å². The first-order valence-electron chi connectivity index (χ1n) is 10.2. The van der Waals surface area contributed by atoms with Crippen LogP contribution in [0.2, 0.25) is 0 Å². The number of hydrogen-bond acceptors (Lipinski definition) is 2. The fourth-order valence-corrected chi connectivity index (χ4v) is 4.04. The normalized spacial score (nSPS) is 17.6. The van der Waals surface area contributed by atoms with Crippen LogP contribution in [0, 0.1) is 0 Å². The number of carbonyl (C=O) groups is 1. The second kappa shape index (κ2) is 8.36. The van der Waals surface area contributed by atoms with Crippen LogP contribution < -0.4 is 4.90 Å². The number of para-hydroxylation sites is 1. The van der Waals surface area contributed by atoms with E-state index in [1.165, 1.54) is 16.9 Å². The zero-order valence-corrected chi connectivity index (χ0v) is 17.5. The first kappa shape index (κ1) is 20.4. The molecule has 150 valence electrons. The fourth-order valence-electron chi connectivity index (χ4n) is 4.04. The third-order valence-electron chi connectivity index (χ3n) is 5.85. The number of hydrogen-bond donors (Lipinski definition) is 1. The number of nitrogens with zero attached hydrogens (tertiary/aromatic N) is 2. The molecule has 0 aliphatic carbocycles. The summed E-state index contributed by atoms with van der Waals surface area (Å²) in [5.74, 6) is 0.